The topological polar surface area (TPSA) is 72.4 Å². The number of amides is 2. The van der Waals surface area contributed by atoms with Gasteiger partial charge < -0.3 is 14.8 Å². The van der Waals surface area contributed by atoms with Crippen molar-refractivity contribution in [1.82, 2.24) is 0 Å². The molecule has 0 aromatic heterocycles. The van der Waals surface area contributed by atoms with E-state index in [0.29, 0.717) is 11.4 Å². The Balaban J connectivity index is 1.65. The molecule has 3 rings (SSSR count). The Hall–Kier alpha value is -1.92. The Morgan fingerprint density at radius 1 is 1.32 bits per heavy atom. The molecule has 0 aliphatic carbocycles. The van der Waals surface area contributed by atoms with Crippen LogP contribution in [0.25, 0.3) is 0 Å². The fourth-order valence-corrected chi connectivity index (χ4v) is 2.99. The SMILES string of the molecule is COc1ccc(N2C(=O)CC([NH2+]CC3CCCO3)C2=O)cc1. The van der Waals surface area contributed by atoms with Gasteiger partial charge in [0, 0.05) is 6.61 Å². The van der Waals surface area contributed by atoms with Gasteiger partial charge in [0.05, 0.1) is 19.2 Å². The second kappa shape index (κ2) is 6.46. The number of carbonyl (C=O) groups is 2. The van der Waals surface area contributed by atoms with Crippen LogP contribution in [0.15, 0.2) is 24.3 Å². The molecule has 2 amide bonds. The van der Waals surface area contributed by atoms with Crippen molar-refractivity contribution >= 4 is 17.5 Å². The van der Waals surface area contributed by atoms with Crippen LogP contribution in [0.4, 0.5) is 5.69 Å². The van der Waals surface area contributed by atoms with Crippen molar-refractivity contribution in [2.75, 3.05) is 25.2 Å². The lowest BCUT2D eigenvalue weighted by Crippen LogP contribution is -2.93. The number of carbonyl (C=O) groups excluding carboxylic acids is 2. The number of rotatable bonds is 5. The zero-order valence-electron chi connectivity index (χ0n) is 12.7. The highest BCUT2D eigenvalue weighted by atomic mass is 16.5. The Kier molecular flexibility index (Phi) is 4.40. The number of hydrogen-bond acceptors (Lipinski definition) is 4. The van der Waals surface area contributed by atoms with Crippen LogP contribution in [-0.4, -0.2) is 44.2 Å². The first-order valence-corrected chi connectivity index (χ1v) is 7.65. The van der Waals surface area contributed by atoms with Gasteiger partial charge in [0.15, 0.2) is 6.04 Å². The van der Waals surface area contributed by atoms with E-state index in [1.807, 2.05) is 5.32 Å². The molecule has 22 heavy (non-hydrogen) atoms. The predicted octanol–water partition coefficient (Wildman–Crippen LogP) is 0.0695. The van der Waals surface area contributed by atoms with Crippen LogP contribution in [0.5, 0.6) is 5.75 Å². The fraction of sp³-hybridized carbons (Fsp3) is 0.500. The molecule has 2 N–H and O–H groups in total. The number of anilines is 1. The maximum atomic E-state index is 12.5. The number of quaternary nitrogens is 1. The quantitative estimate of drug-likeness (QED) is 0.781. The van der Waals surface area contributed by atoms with E-state index in [9.17, 15) is 9.59 Å². The first kappa shape index (κ1) is 15.0. The highest BCUT2D eigenvalue weighted by Crippen LogP contribution is 2.24. The van der Waals surface area contributed by atoms with Crippen LogP contribution < -0.4 is 15.0 Å². The summed E-state index contributed by atoms with van der Waals surface area (Å²) in [5.41, 5.74) is 0.601. The molecule has 6 heteroatoms. The molecule has 1 aromatic rings. The molecule has 0 spiro atoms. The molecule has 2 atom stereocenters. The smallest absolute Gasteiger partial charge is 0.292 e. The highest BCUT2D eigenvalue weighted by molar-refractivity contribution is 6.21. The van der Waals surface area contributed by atoms with Crippen molar-refractivity contribution < 1.29 is 24.4 Å². The molecule has 2 fully saturated rings. The lowest BCUT2D eigenvalue weighted by Gasteiger charge is -2.15. The van der Waals surface area contributed by atoms with Crippen LogP contribution in [-0.2, 0) is 14.3 Å². The minimum Gasteiger partial charge on any atom is -0.497 e. The first-order valence-electron chi connectivity index (χ1n) is 7.65. The van der Waals surface area contributed by atoms with E-state index in [1.54, 1.807) is 31.4 Å². The van der Waals surface area contributed by atoms with Crippen LogP contribution in [0, 0.1) is 0 Å². The van der Waals surface area contributed by atoms with E-state index in [2.05, 4.69) is 0 Å². The number of nitrogens with zero attached hydrogens (tertiary/aromatic N) is 1. The minimum atomic E-state index is -0.334. The summed E-state index contributed by atoms with van der Waals surface area (Å²) < 4.78 is 10.7. The van der Waals surface area contributed by atoms with Gasteiger partial charge in [-0.25, -0.2) is 4.90 Å². The average Bonchev–Trinajstić information content (AvgIpc) is 3.14. The zero-order chi connectivity index (χ0) is 15.5. The molecule has 2 heterocycles. The fourth-order valence-electron chi connectivity index (χ4n) is 2.99. The molecule has 0 bridgehead atoms. The monoisotopic (exact) mass is 305 g/mol. The molecule has 1 aromatic carbocycles. The summed E-state index contributed by atoms with van der Waals surface area (Å²) in [6.07, 6.45) is 2.57. The van der Waals surface area contributed by atoms with Gasteiger partial charge in [0.2, 0.25) is 5.91 Å². The van der Waals surface area contributed by atoms with E-state index in [-0.39, 0.29) is 30.4 Å². The maximum Gasteiger partial charge on any atom is 0.292 e. The van der Waals surface area contributed by atoms with Crippen molar-refractivity contribution in [2.45, 2.75) is 31.4 Å². The number of methoxy groups -OCH3 is 1. The van der Waals surface area contributed by atoms with Crippen LogP contribution >= 0.6 is 0 Å². The Morgan fingerprint density at radius 3 is 2.73 bits per heavy atom. The third kappa shape index (κ3) is 2.98. The molecular weight excluding hydrogens is 284 g/mol. The van der Waals surface area contributed by atoms with E-state index in [1.165, 1.54) is 4.90 Å². The number of hydrogen-bond donors (Lipinski definition) is 1. The van der Waals surface area contributed by atoms with Crippen molar-refractivity contribution in [1.29, 1.82) is 0 Å². The molecule has 0 radical (unpaired) electrons. The van der Waals surface area contributed by atoms with Gasteiger partial charge in [-0.2, -0.15) is 0 Å². The summed E-state index contributed by atoms with van der Waals surface area (Å²) >= 11 is 0. The summed E-state index contributed by atoms with van der Waals surface area (Å²) in [7, 11) is 1.58. The Bertz CT molecular complexity index is 552. The molecule has 0 saturated carbocycles. The number of imide groups is 1. The van der Waals surface area contributed by atoms with E-state index < -0.39 is 0 Å². The molecule has 2 aliphatic rings. The summed E-state index contributed by atoms with van der Waals surface area (Å²) in [6, 6.07) is 6.63. The van der Waals surface area contributed by atoms with Gasteiger partial charge in [-0.15, -0.1) is 0 Å². The summed E-state index contributed by atoms with van der Waals surface area (Å²) in [5.74, 6) is 0.404. The van der Waals surface area contributed by atoms with E-state index in [0.717, 1.165) is 26.0 Å². The summed E-state index contributed by atoms with van der Waals surface area (Å²) in [5, 5.41) is 1.94. The second-order valence-electron chi connectivity index (χ2n) is 5.68. The third-order valence-electron chi connectivity index (χ3n) is 4.22. The minimum absolute atomic E-state index is 0.145. The van der Waals surface area contributed by atoms with Crippen LogP contribution in [0.1, 0.15) is 19.3 Å². The van der Waals surface area contributed by atoms with Gasteiger partial charge in [0.25, 0.3) is 5.91 Å². The molecule has 2 aliphatic heterocycles. The molecule has 6 nitrogen and oxygen atoms in total. The lowest BCUT2D eigenvalue weighted by molar-refractivity contribution is -0.680. The first-order chi connectivity index (χ1) is 10.7. The number of benzene rings is 1. The van der Waals surface area contributed by atoms with Gasteiger partial charge in [-0.1, -0.05) is 0 Å². The molecule has 2 unspecified atom stereocenters. The maximum absolute atomic E-state index is 12.5. The molecular formula is C16H21N2O4+. The molecule has 2 saturated heterocycles. The average molecular weight is 305 g/mol. The van der Waals surface area contributed by atoms with Crippen molar-refractivity contribution in [3.05, 3.63) is 24.3 Å². The largest absolute Gasteiger partial charge is 0.497 e. The normalized spacial score (nSPS) is 25.0. The van der Waals surface area contributed by atoms with Crippen molar-refractivity contribution in [3.63, 3.8) is 0 Å². The Morgan fingerprint density at radius 2 is 2.09 bits per heavy atom. The van der Waals surface area contributed by atoms with E-state index in [4.69, 9.17) is 9.47 Å². The van der Waals surface area contributed by atoms with E-state index >= 15 is 0 Å². The highest BCUT2D eigenvalue weighted by Gasteiger charge is 2.42. The predicted molar refractivity (Wildman–Crippen MR) is 79.7 cm³/mol. The molecule has 118 valence electrons. The Labute approximate surface area is 129 Å². The van der Waals surface area contributed by atoms with Gasteiger partial charge in [-0.3, -0.25) is 9.59 Å². The van der Waals surface area contributed by atoms with Gasteiger partial charge >= 0.3 is 0 Å². The van der Waals surface area contributed by atoms with Gasteiger partial charge in [0.1, 0.15) is 18.4 Å². The van der Waals surface area contributed by atoms with Crippen molar-refractivity contribution in [2.24, 2.45) is 0 Å². The number of ether oxygens (including phenoxy) is 2. The number of nitrogens with two attached hydrogens (primary N) is 1. The van der Waals surface area contributed by atoms with Crippen LogP contribution in [0.2, 0.25) is 0 Å². The summed E-state index contributed by atoms with van der Waals surface area (Å²) in [6.45, 7) is 1.54. The second-order valence-corrected chi connectivity index (χ2v) is 5.68. The van der Waals surface area contributed by atoms with Crippen molar-refractivity contribution in [3.8, 4) is 5.75 Å². The van der Waals surface area contributed by atoms with Crippen LogP contribution in [0.3, 0.4) is 0 Å². The standard InChI is InChI=1S/C16H20N2O4/c1-21-12-6-4-11(5-7-12)18-15(19)9-14(16(18)20)17-10-13-3-2-8-22-13/h4-7,13-14,17H,2-3,8-10H2,1H3/p+1. The summed E-state index contributed by atoms with van der Waals surface area (Å²) in [4.78, 5) is 25.9. The lowest BCUT2D eigenvalue weighted by atomic mass is 10.2. The van der Waals surface area contributed by atoms with Gasteiger partial charge in [-0.05, 0) is 37.1 Å². The third-order valence-corrected chi connectivity index (χ3v) is 4.22. The zero-order valence-corrected chi connectivity index (χ0v) is 12.7.